The number of H-pyrrole nitrogens is 2. The number of imidazole rings is 2. The first-order valence-electron chi connectivity index (χ1n) is 19.3. The molecule has 0 bridgehead atoms. The lowest BCUT2D eigenvalue weighted by atomic mass is 9.99. The molecule has 2 aromatic heterocycles. The number of carbonyl (C=O) groups excluding carboxylic acids is 3. The maximum atomic E-state index is 14.0. The predicted octanol–water partition coefficient (Wildman–Crippen LogP) is 7.24. The van der Waals surface area contributed by atoms with Gasteiger partial charge in [-0.2, -0.15) is 0 Å². The highest BCUT2D eigenvalue weighted by Crippen LogP contribution is 2.43. The number of nitrogens with one attached hydrogen (secondary N) is 3. The van der Waals surface area contributed by atoms with Gasteiger partial charge in [0.2, 0.25) is 5.91 Å². The van der Waals surface area contributed by atoms with E-state index in [1.807, 2.05) is 40.7 Å². The van der Waals surface area contributed by atoms with Crippen LogP contribution in [0.4, 0.5) is 9.59 Å². The van der Waals surface area contributed by atoms with Crippen LogP contribution < -0.4 is 5.32 Å². The normalized spacial score (nSPS) is 20.1. The van der Waals surface area contributed by atoms with Crippen LogP contribution in [-0.2, 0) is 23.7 Å². The van der Waals surface area contributed by atoms with E-state index in [-0.39, 0.29) is 30.5 Å². The number of likely N-dealkylation sites (tertiary alicyclic amines) is 2. The minimum atomic E-state index is -0.925. The van der Waals surface area contributed by atoms with Gasteiger partial charge in [0.25, 0.3) is 0 Å². The molecule has 3 saturated heterocycles. The summed E-state index contributed by atoms with van der Waals surface area (Å²) in [5, 5.41) is 4.83. The van der Waals surface area contributed by atoms with Crippen LogP contribution in [0.3, 0.4) is 0 Å². The number of fused-ring (bicyclic) bond motifs is 3. The Morgan fingerprint density at radius 2 is 1.66 bits per heavy atom. The van der Waals surface area contributed by atoms with Crippen LogP contribution in [0.5, 0.6) is 0 Å². The Kier molecular flexibility index (Phi) is 9.73. The average Bonchev–Trinajstić information content (AvgIpc) is 4.03. The number of rotatable bonds is 7. The van der Waals surface area contributed by atoms with E-state index in [1.165, 1.54) is 7.11 Å². The molecule has 3 amide bonds. The van der Waals surface area contributed by atoms with Crippen molar-refractivity contribution in [3.05, 3.63) is 72.4 Å². The molecule has 14 heteroatoms. The van der Waals surface area contributed by atoms with Crippen molar-refractivity contribution in [2.45, 2.75) is 83.4 Å². The molecule has 5 heterocycles. The molecule has 294 valence electrons. The van der Waals surface area contributed by atoms with E-state index in [0.717, 1.165) is 62.9 Å². The van der Waals surface area contributed by atoms with E-state index in [9.17, 15) is 14.4 Å². The summed E-state index contributed by atoms with van der Waals surface area (Å²) in [4.78, 5) is 59.2. The minimum absolute atomic E-state index is 0.157. The number of aromatic amines is 2. The number of hydrogen-bond acceptors (Lipinski definition) is 9. The Hall–Kier alpha value is -5.47. The largest absolute Gasteiger partial charge is 0.453 e. The molecule has 3 fully saturated rings. The molecular formula is C42H49N7O7. The molecule has 14 nitrogen and oxygen atoms in total. The van der Waals surface area contributed by atoms with Crippen LogP contribution in [0.15, 0.2) is 60.8 Å². The van der Waals surface area contributed by atoms with E-state index in [0.29, 0.717) is 32.0 Å². The number of ether oxygens (including phenoxy) is 4. The van der Waals surface area contributed by atoms with Crippen LogP contribution >= 0.6 is 0 Å². The second-order valence-electron chi connectivity index (χ2n) is 16.3. The van der Waals surface area contributed by atoms with Crippen molar-refractivity contribution in [2.75, 3.05) is 33.4 Å². The summed E-state index contributed by atoms with van der Waals surface area (Å²) in [7, 11) is 1.28. The molecule has 0 aliphatic carbocycles. The van der Waals surface area contributed by atoms with Crippen molar-refractivity contribution in [1.82, 2.24) is 35.1 Å². The van der Waals surface area contributed by atoms with Gasteiger partial charge in [0.05, 0.1) is 61.9 Å². The number of alkyl carbamates (subject to hydrolysis) is 1. The van der Waals surface area contributed by atoms with Gasteiger partial charge in [0, 0.05) is 18.4 Å². The molecule has 1 spiro atoms. The van der Waals surface area contributed by atoms with Gasteiger partial charge in [-0.3, -0.25) is 9.69 Å². The fourth-order valence-electron chi connectivity index (χ4n) is 8.15. The maximum absolute atomic E-state index is 14.0. The summed E-state index contributed by atoms with van der Waals surface area (Å²) in [6, 6.07) is 17.4. The lowest BCUT2D eigenvalue weighted by Gasteiger charge is -2.30. The van der Waals surface area contributed by atoms with Gasteiger partial charge in [-0.25, -0.2) is 19.6 Å². The van der Waals surface area contributed by atoms with Crippen LogP contribution in [-0.4, -0.2) is 98.7 Å². The van der Waals surface area contributed by atoms with Crippen LogP contribution in [0.1, 0.15) is 77.6 Å². The minimum Gasteiger partial charge on any atom is -0.453 e. The van der Waals surface area contributed by atoms with E-state index in [2.05, 4.69) is 63.8 Å². The zero-order valence-electron chi connectivity index (χ0n) is 32.7. The smallest absolute Gasteiger partial charge is 0.410 e. The van der Waals surface area contributed by atoms with Crippen molar-refractivity contribution in [3.8, 4) is 22.4 Å². The maximum Gasteiger partial charge on any atom is 0.410 e. The van der Waals surface area contributed by atoms with Gasteiger partial charge in [0.15, 0.2) is 5.79 Å². The predicted molar refractivity (Wildman–Crippen MR) is 209 cm³/mol. The first-order valence-corrected chi connectivity index (χ1v) is 19.3. The SMILES string of the molecule is COC(=O)NC(C(=O)N1CC2(CC1c1ncc(-c3ccc(-c4ccc5c(ccc6nc(C7CCCN7C(=O)OC(C)(C)C)[nH]c65)c4)cc3)[nH]1)OCCO2)C(C)C. The quantitative estimate of drug-likeness (QED) is 0.155. The third-order valence-corrected chi connectivity index (χ3v) is 10.9. The topological polar surface area (TPSA) is 164 Å². The second kappa shape index (κ2) is 14.6. The standard InChI is InChI=1S/C42H49N7O7/c1-24(2)34(47-39(51)53-6)38(50)49-23-42(54-18-19-55-42)21-33(49)36-43-22-31(45-36)26-11-9-25(10-12-26)27-13-15-29-28(20-27)14-16-30-35(29)46-37(44-30)32-8-7-17-48(32)40(52)56-41(3,4)5/h9-16,20,22,24,32-34H,7-8,17-19,21,23H2,1-6H3,(H,43,45)(H,44,46)(H,47,51). The van der Waals surface area contributed by atoms with Gasteiger partial charge in [-0.05, 0) is 73.7 Å². The third kappa shape index (κ3) is 7.18. The van der Waals surface area contributed by atoms with Crippen LogP contribution in [0.2, 0.25) is 0 Å². The molecule has 56 heavy (non-hydrogen) atoms. The van der Waals surface area contributed by atoms with Gasteiger partial charge < -0.3 is 39.1 Å². The van der Waals surface area contributed by atoms with Crippen molar-refractivity contribution in [1.29, 1.82) is 0 Å². The zero-order valence-corrected chi connectivity index (χ0v) is 32.7. The number of nitrogens with zero attached hydrogens (tertiary/aromatic N) is 4. The molecular weight excluding hydrogens is 715 g/mol. The molecule has 3 atom stereocenters. The Balaban J connectivity index is 1.01. The van der Waals surface area contributed by atoms with Crippen LogP contribution in [0, 0.1) is 5.92 Å². The average molecular weight is 764 g/mol. The van der Waals surface area contributed by atoms with Crippen molar-refractivity contribution < 1.29 is 33.3 Å². The van der Waals surface area contributed by atoms with E-state index in [1.54, 1.807) is 16.0 Å². The monoisotopic (exact) mass is 763 g/mol. The summed E-state index contributed by atoms with van der Waals surface area (Å²) in [6.45, 7) is 11.2. The fourth-order valence-corrected chi connectivity index (χ4v) is 8.15. The van der Waals surface area contributed by atoms with E-state index < -0.39 is 29.6 Å². The summed E-state index contributed by atoms with van der Waals surface area (Å²) >= 11 is 0. The lowest BCUT2D eigenvalue weighted by Crippen LogP contribution is -2.52. The van der Waals surface area contributed by atoms with Crippen molar-refractivity contribution in [2.24, 2.45) is 5.92 Å². The number of hydrogen-bond donors (Lipinski definition) is 3. The van der Waals surface area contributed by atoms with Gasteiger partial charge in [-0.1, -0.05) is 56.3 Å². The van der Waals surface area contributed by atoms with E-state index in [4.69, 9.17) is 28.9 Å². The number of benzene rings is 3. The molecule has 5 aromatic rings. The fraction of sp³-hybridized carbons (Fsp3) is 0.452. The Morgan fingerprint density at radius 3 is 2.38 bits per heavy atom. The molecule has 3 aromatic carbocycles. The third-order valence-electron chi connectivity index (χ3n) is 10.9. The van der Waals surface area contributed by atoms with Gasteiger partial charge >= 0.3 is 12.2 Å². The molecule has 8 rings (SSSR count). The lowest BCUT2D eigenvalue weighted by molar-refractivity contribution is -0.153. The first kappa shape index (κ1) is 37.5. The number of amides is 3. The van der Waals surface area contributed by atoms with E-state index >= 15 is 0 Å². The molecule has 3 aliphatic rings. The number of carbonyl (C=O) groups is 3. The molecule has 0 saturated carbocycles. The number of methoxy groups -OCH3 is 1. The Morgan fingerprint density at radius 1 is 0.929 bits per heavy atom. The van der Waals surface area contributed by atoms with Crippen molar-refractivity contribution >= 4 is 39.9 Å². The molecule has 3 N–H and O–H groups in total. The highest BCUT2D eigenvalue weighted by Gasteiger charge is 2.52. The van der Waals surface area contributed by atoms with Crippen molar-refractivity contribution in [3.63, 3.8) is 0 Å². The second-order valence-corrected chi connectivity index (χ2v) is 16.3. The summed E-state index contributed by atoms with van der Waals surface area (Å²) in [5.74, 6) is 0.0296. The molecule has 0 radical (unpaired) electrons. The summed E-state index contributed by atoms with van der Waals surface area (Å²) < 4.78 is 22.5. The Bertz CT molecular complexity index is 2270. The van der Waals surface area contributed by atoms with Crippen LogP contribution in [0.25, 0.3) is 44.2 Å². The number of aromatic nitrogens is 4. The zero-order chi connectivity index (χ0) is 39.4. The molecule has 3 aliphatic heterocycles. The summed E-state index contributed by atoms with van der Waals surface area (Å²) in [6.07, 6.45) is 2.94. The Labute approximate surface area is 325 Å². The first-order chi connectivity index (χ1) is 26.8. The van der Waals surface area contributed by atoms with Gasteiger partial charge in [0.1, 0.15) is 23.3 Å². The summed E-state index contributed by atoms with van der Waals surface area (Å²) in [5.41, 5.74) is 5.13. The highest BCUT2D eigenvalue weighted by atomic mass is 16.7. The highest BCUT2D eigenvalue weighted by molar-refractivity contribution is 6.05. The van der Waals surface area contributed by atoms with Gasteiger partial charge in [-0.15, -0.1) is 0 Å². The molecule has 3 unspecified atom stereocenters.